The van der Waals surface area contributed by atoms with Crippen molar-refractivity contribution in [1.82, 2.24) is 0 Å². The van der Waals surface area contributed by atoms with Crippen LogP contribution in [0.5, 0.6) is 0 Å². The van der Waals surface area contributed by atoms with E-state index in [9.17, 15) is 0 Å². The van der Waals surface area contributed by atoms with E-state index in [1.165, 1.54) is 25.3 Å². The molecule has 1 saturated heterocycles. The van der Waals surface area contributed by atoms with Crippen molar-refractivity contribution in [1.29, 1.82) is 0 Å². The topological polar surface area (TPSA) is 0 Å². The fourth-order valence-electron chi connectivity index (χ4n) is 1.47. The highest BCUT2D eigenvalue weighted by molar-refractivity contribution is 7.20. The van der Waals surface area contributed by atoms with Gasteiger partial charge in [-0.15, -0.1) is 0 Å². The summed E-state index contributed by atoms with van der Waals surface area (Å²) in [6, 6.07) is 1.34. The van der Waals surface area contributed by atoms with Crippen LogP contribution in [0.25, 0.3) is 0 Å². The average molecular weight is 163 g/mol. The third kappa shape index (κ3) is 1.71. The molecule has 0 aromatic carbocycles. The predicted octanol–water partition coefficient (Wildman–Crippen LogP) is 3.37. The molecule has 0 N–H and O–H groups in total. The average Bonchev–Trinajstić information content (AvgIpc) is 1.77. The van der Waals surface area contributed by atoms with E-state index in [1.54, 1.807) is 0 Å². The molecule has 1 aliphatic heterocycles. The molecule has 9 heavy (non-hydrogen) atoms. The second kappa shape index (κ2) is 2.63. The van der Waals surface area contributed by atoms with E-state index in [2.05, 4.69) is 13.5 Å². The van der Waals surface area contributed by atoms with Crippen molar-refractivity contribution in [2.24, 2.45) is 0 Å². The maximum atomic E-state index is 6.36. The van der Waals surface area contributed by atoms with Gasteiger partial charge in [-0.25, -0.2) is 0 Å². The van der Waals surface area contributed by atoms with E-state index in [0.29, 0.717) is 0 Å². The molecule has 54 valence electrons. The van der Waals surface area contributed by atoms with E-state index in [1.807, 2.05) is 0 Å². The maximum absolute atomic E-state index is 6.36. The zero-order valence-electron chi connectivity index (χ0n) is 6.28. The Morgan fingerprint density at radius 3 is 2.44 bits per heavy atom. The minimum absolute atomic E-state index is 0.855. The highest BCUT2D eigenvalue weighted by Gasteiger charge is 2.33. The number of halogens is 1. The van der Waals surface area contributed by atoms with Crippen molar-refractivity contribution in [2.45, 2.75) is 44.3 Å². The quantitative estimate of drug-likeness (QED) is 0.379. The van der Waals surface area contributed by atoms with Crippen molar-refractivity contribution in [2.75, 3.05) is 0 Å². The van der Waals surface area contributed by atoms with Gasteiger partial charge in [0.25, 0.3) is 0 Å². The van der Waals surface area contributed by atoms with Crippen LogP contribution >= 0.6 is 11.1 Å². The van der Waals surface area contributed by atoms with Gasteiger partial charge in [0.1, 0.15) is 0 Å². The van der Waals surface area contributed by atoms with Gasteiger partial charge in [0, 0.05) is 0 Å². The molecule has 0 unspecified atom stereocenters. The van der Waals surface area contributed by atoms with Gasteiger partial charge < -0.3 is 0 Å². The summed E-state index contributed by atoms with van der Waals surface area (Å²) in [6.07, 6.45) is 4.18. The molecule has 0 amide bonds. The van der Waals surface area contributed by atoms with Crippen LogP contribution in [0.3, 0.4) is 0 Å². The van der Waals surface area contributed by atoms with Gasteiger partial charge in [-0.3, -0.25) is 0 Å². The third-order valence-corrected chi connectivity index (χ3v) is 7.94. The van der Waals surface area contributed by atoms with Crippen LogP contribution in [-0.4, -0.2) is 7.38 Å². The van der Waals surface area contributed by atoms with Crippen LogP contribution in [0, 0.1) is 0 Å². The normalized spacial score (nSPS) is 45.0. The summed E-state index contributed by atoms with van der Waals surface area (Å²) >= 11 is 6.36. The Bertz CT molecular complexity index is 101. The fourth-order valence-corrected chi connectivity index (χ4v) is 4.44. The Balaban J connectivity index is 2.49. The van der Waals surface area contributed by atoms with Crippen molar-refractivity contribution >= 4 is 18.5 Å². The smallest absolute Gasteiger partial charge is 0.156 e. The molecule has 1 rings (SSSR count). The van der Waals surface area contributed by atoms with Crippen LogP contribution < -0.4 is 0 Å². The SMILES string of the molecule is C[C@H]1CCCC[Si@]1(C)Cl. The summed E-state index contributed by atoms with van der Waals surface area (Å²) in [7, 11) is -1.22. The minimum atomic E-state index is -1.22. The first kappa shape index (κ1) is 7.61. The van der Waals surface area contributed by atoms with Gasteiger partial charge in [0.05, 0.1) is 0 Å². The molecular weight excluding hydrogens is 148 g/mol. The van der Waals surface area contributed by atoms with Gasteiger partial charge in [0.2, 0.25) is 0 Å². The van der Waals surface area contributed by atoms with E-state index >= 15 is 0 Å². The lowest BCUT2D eigenvalue weighted by atomic mass is 10.2. The van der Waals surface area contributed by atoms with Gasteiger partial charge >= 0.3 is 0 Å². The highest BCUT2D eigenvalue weighted by atomic mass is 35.6. The lowest BCUT2D eigenvalue weighted by molar-refractivity contribution is 0.643. The maximum Gasteiger partial charge on any atom is 0.156 e. The van der Waals surface area contributed by atoms with Crippen molar-refractivity contribution in [3.8, 4) is 0 Å². The fraction of sp³-hybridized carbons (Fsp3) is 1.00. The van der Waals surface area contributed by atoms with Gasteiger partial charge in [0.15, 0.2) is 7.38 Å². The molecule has 0 aromatic heterocycles. The molecule has 1 fully saturated rings. The highest BCUT2D eigenvalue weighted by Crippen LogP contribution is 2.39. The molecule has 0 saturated carbocycles. The second-order valence-electron chi connectivity index (χ2n) is 3.42. The van der Waals surface area contributed by atoms with Gasteiger partial charge in [-0.05, 0) is 11.6 Å². The zero-order valence-corrected chi connectivity index (χ0v) is 8.04. The Morgan fingerprint density at radius 2 is 2.11 bits per heavy atom. The zero-order chi connectivity index (χ0) is 6.91. The molecule has 1 heterocycles. The first-order chi connectivity index (χ1) is 4.13. The van der Waals surface area contributed by atoms with Crippen LogP contribution in [0.1, 0.15) is 26.2 Å². The molecule has 2 atom stereocenters. The standard InChI is InChI=1S/C7H15ClSi/c1-7-5-3-4-6-9(7,2)8/h7H,3-6H2,1-2H3/t7-,9-/m0/s1. The second-order valence-corrected chi connectivity index (χ2v) is 10.1. The Morgan fingerprint density at radius 1 is 1.44 bits per heavy atom. The summed E-state index contributed by atoms with van der Waals surface area (Å²) in [5.74, 6) is 0. The van der Waals surface area contributed by atoms with Crippen LogP contribution in [0.2, 0.25) is 18.1 Å². The summed E-state index contributed by atoms with van der Waals surface area (Å²) in [6.45, 7) is 4.62. The number of hydrogen-bond acceptors (Lipinski definition) is 0. The largest absolute Gasteiger partial charge is 0.167 e. The van der Waals surface area contributed by atoms with E-state index in [4.69, 9.17) is 11.1 Å². The molecule has 0 bridgehead atoms. The molecule has 0 spiro atoms. The van der Waals surface area contributed by atoms with E-state index in [0.717, 1.165) is 5.54 Å². The summed E-state index contributed by atoms with van der Waals surface area (Å²) in [4.78, 5) is 0. The molecule has 0 radical (unpaired) electrons. The molecule has 0 nitrogen and oxygen atoms in total. The van der Waals surface area contributed by atoms with Crippen molar-refractivity contribution in [3.05, 3.63) is 0 Å². The van der Waals surface area contributed by atoms with Crippen molar-refractivity contribution in [3.63, 3.8) is 0 Å². The minimum Gasteiger partial charge on any atom is -0.167 e. The lowest BCUT2D eigenvalue weighted by Crippen LogP contribution is -2.30. The lowest BCUT2D eigenvalue weighted by Gasteiger charge is -2.31. The summed E-state index contributed by atoms with van der Waals surface area (Å²) in [5.41, 5.74) is 0.855. The Hall–Kier alpha value is 0.507. The van der Waals surface area contributed by atoms with Crippen LogP contribution in [0.4, 0.5) is 0 Å². The van der Waals surface area contributed by atoms with Gasteiger partial charge in [-0.1, -0.05) is 32.7 Å². The van der Waals surface area contributed by atoms with Crippen molar-refractivity contribution < 1.29 is 0 Å². The van der Waals surface area contributed by atoms with Crippen LogP contribution in [-0.2, 0) is 0 Å². The van der Waals surface area contributed by atoms with Gasteiger partial charge in [-0.2, -0.15) is 11.1 Å². The number of rotatable bonds is 0. The summed E-state index contributed by atoms with van der Waals surface area (Å²) < 4.78 is 0. The molecule has 2 heteroatoms. The van der Waals surface area contributed by atoms with Crippen LogP contribution in [0.15, 0.2) is 0 Å². The Kier molecular flexibility index (Phi) is 2.22. The number of hydrogen-bond donors (Lipinski definition) is 0. The Labute approximate surface area is 63.3 Å². The third-order valence-electron chi connectivity index (χ3n) is 2.58. The molecule has 0 aliphatic carbocycles. The molecule has 0 aromatic rings. The predicted molar refractivity (Wildman–Crippen MR) is 45.6 cm³/mol. The van der Waals surface area contributed by atoms with E-state index < -0.39 is 7.38 Å². The van der Waals surface area contributed by atoms with E-state index in [-0.39, 0.29) is 0 Å². The molecular formula is C7H15ClSi. The first-order valence-corrected chi connectivity index (χ1v) is 7.61. The first-order valence-electron chi connectivity index (χ1n) is 3.82. The monoisotopic (exact) mass is 162 g/mol. The molecule has 1 aliphatic rings. The summed E-state index contributed by atoms with van der Waals surface area (Å²) in [5, 5.41) is 0.